The van der Waals surface area contributed by atoms with E-state index in [2.05, 4.69) is 41.8 Å². The quantitative estimate of drug-likeness (QED) is 0.895. The molecule has 2 aliphatic rings. The number of rotatable bonds is 4. The monoisotopic (exact) mass is 322 g/mol. The van der Waals surface area contributed by atoms with Gasteiger partial charge in [0.05, 0.1) is 5.41 Å². The van der Waals surface area contributed by atoms with Crippen LogP contribution in [0, 0.1) is 11.3 Å². The van der Waals surface area contributed by atoms with E-state index in [1.165, 1.54) is 12.0 Å². The van der Waals surface area contributed by atoms with Crippen LogP contribution < -0.4 is 10.6 Å². The van der Waals surface area contributed by atoms with Gasteiger partial charge in [0.15, 0.2) is 0 Å². The van der Waals surface area contributed by atoms with Crippen molar-refractivity contribution >= 4 is 18.3 Å². The van der Waals surface area contributed by atoms with E-state index < -0.39 is 0 Å². The molecule has 2 fully saturated rings. The first kappa shape index (κ1) is 17.3. The van der Waals surface area contributed by atoms with E-state index >= 15 is 0 Å². The summed E-state index contributed by atoms with van der Waals surface area (Å²) in [6.07, 6.45) is 5.19. The second-order valence-corrected chi connectivity index (χ2v) is 6.85. The Balaban J connectivity index is 0.00000176. The number of carbonyl (C=O) groups excluding carboxylic acids is 1. The lowest BCUT2D eigenvalue weighted by Crippen LogP contribution is -2.55. The molecule has 1 aliphatic carbocycles. The van der Waals surface area contributed by atoms with Crippen molar-refractivity contribution in [2.24, 2.45) is 11.3 Å². The molecule has 122 valence electrons. The van der Waals surface area contributed by atoms with Crippen LogP contribution >= 0.6 is 12.4 Å². The summed E-state index contributed by atoms with van der Waals surface area (Å²) >= 11 is 0. The van der Waals surface area contributed by atoms with Gasteiger partial charge in [-0.3, -0.25) is 4.79 Å². The molecule has 1 saturated heterocycles. The summed E-state index contributed by atoms with van der Waals surface area (Å²) in [6.45, 7) is 4.25. The van der Waals surface area contributed by atoms with E-state index in [4.69, 9.17) is 0 Å². The first-order valence-electron chi connectivity index (χ1n) is 8.25. The van der Waals surface area contributed by atoms with Gasteiger partial charge in [-0.25, -0.2) is 0 Å². The molecule has 22 heavy (non-hydrogen) atoms. The molecule has 1 heterocycles. The number of amides is 1. The molecule has 2 N–H and O–H groups in total. The molecule has 3 nitrogen and oxygen atoms in total. The van der Waals surface area contributed by atoms with Gasteiger partial charge in [-0.1, -0.05) is 43.7 Å². The maximum absolute atomic E-state index is 12.8. The molecule has 2 unspecified atom stereocenters. The fourth-order valence-corrected chi connectivity index (χ4v) is 3.62. The number of halogens is 1. The molecule has 0 aromatic heterocycles. The van der Waals surface area contributed by atoms with Crippen LogP contribution in [0.3, 0.4) is 0 Å². The summed E-state index contributed by atoms with van der Waals surface area (Å²) in [6, 6.07) is 10.8. The number of piperidine rings is 1. The van der Waals surface area contributed by atoms with Gasteiger partial charge in [0.2, 0.25) is 5.91 Å². The van der Waals surface area contributed by atoms with Gasteiger partial charge in [0, 0.05) is 6.04 Å². The van der Waals surface area contributed by atoms with Crippen molar-refractivity contribution < 1.29 is 4.79 Å². The minimum atomic E-state index is -0.147. The Hall–Kier alpha value is -1.06. The molecule has 1 amide bonds. The molecule has 0 spiro atoms. The van der Waals surface area contributed by atoms with Crippen LogP contribution in [-0.4, -0.2) is 25.0 Å². The molecule has 2 atom stereocenters. The highest BCUT2D eigenvalue weighted by molar-refractivity contribution is 5.85. The highest BCUT2D eigenvalue weighted by atomic mass is 35.5. The van der Waals surface area contributed by atoms with Gasteiger partial charge in [0.25, 0.3) is 0 Å². The molecule has 4 heteroatoms. The number of nitrogens with one attached hydrogen (secondary N) is 2. The lowest BCUT2D eigenvalue weighted by atomic mass is 9.64. The van der Waals surface area contributed by atoms with Crippen molar-refractivity contribution in [3.8, 4) is 0 Å². The SMILES string of the molecule is CC1CNCCC1NC(=O)C1(Cc2ccccc2)CCC1.Cl. The molecule has 1 aromatic rings. The van der Waals surface area contributed by atoms with Crippen molar-refractivity contribution in [2.45, 2.75) is 45.1 Å². The highest BCUT2D eigenvalue weighted by Crippen LogP contribution is 2.44. The molecule has 0 radical (unpaired) electrons. The van der Waals surface area contributed by atoms with E-state index in [9.17, 15) is 4.79 Å². The summed E-state index contributed by atoms with van der Waals surface area (Å²) < 4.78 is 0. The number of carbonyl (C=O) groups is 1. The third-order valence-electron chi connectivity index (χ3n) is 5.28. The van der Waals surface area contributed by atoms with Gasteiger partial charge in [-0.05, 0) is 50.3 Å². The minimum absolute atomic E-state index is 0. The van der Waals surface area contributed by atoms with Crippen LogP contribution in [0.25, 0.3) is 0 Å². The van der Waals surface area contributed by atoms with E-state index in [-0.39, 0.29) is 23.7 Å². The zero-order valence-corrected chi connectivity index (χ0v) is 14.1. The Labute approximate surface area is 139 Å². The second kappa shape index (κ2) is 7.47. The van der Waals surface area contributed by atoms with Crippen molar-refractivity contribution in [1.82, 2.24) is 10.6 Å². The smallest absolute Gasteiger partial charge is 0.226 e. The summed E-state index contributed by atoms with van der Waals surface area (Å²) in [4.78, 5) is 12.8. The Morgan fingerprint density at radius 1 is 1.32 bits per heavy atom. The summed E-state index contributed by atoms with van der Waals surface area (Å²) in [5.41, 5.74) is 1.14. The zero-order valence-electron chi connectivity index (χ0n) is 13.3. The van der Waals surface area contributed by atoms with Crippen LogP contribution in [-0.2, 0) is 11.2 Å². The predicted molar refractivity (Wildman–Crippen MR) is 92.3 cm³/mol. The zero-order chi connectivity index (χ0) is 14.7. The average Bonchev–Trinajstić information content (AvgIpc) is 2.46. The van der Waals surface area contributed by atoms with Crippen LogP contribution in [0.2, 0.25) is 0 Å². The second-order valence-electron chi connectivity index (χ2n) is 6.85. The third-order valence-corrected chi connectivity index (χ3v) is 5.28. The molecule has 3 rings (SSSR count). The van der Waals surface area contributed by atoms with Gasteiger partial charge >= 0.3 is 0 Å². The molecule has 0 bridgehead atoms. The van der Waals surface area contributed by atoms with Crippen LogP contribution in [0.1, 0.15) is 38.2 Å². The Morgan fingerprint density at radius 2 is 2.05 bits per heavy atom. The third kappa shape index (κ3) is 3.64. The first-order chi connectivity index (χ1) is 10.2. The molecule has 1 aromatic carbocycles. The summed E-state index contributed by atoms with van der Waals surface area (Å²) in [7, 11) is 0. The fraction of sp³-hybridized carbons (Fsp3) is 0.611. The van der Waals surface area contributed by atoms with Crippen molar-refractivity contribution in [1.29, 1.82) is 0 Å². The number of hydrogen-bond acceptors (Lipinski definition) is 2. The molecule has 1 aliphatic heterocycles. The first-order valence-corrected chi connectivity index (χ1v) is 8.25. The Morgan fingerprint density at radius 3 is 2.64 bits per heavy atom. The lowest BCUT2D eigenvalue weighted by Gasteiger charge is -2.42. The molecular weight excluding hydrogens is 296 g/mol. The van der Waals surface area contributed by atoms with Crippen LogP contribution in [0.4, 0.5) is 0 Å². The average molecular weight is 323 g/mol. The van der Waals surface area contributed by atoms with Gasteiger partial charge < -0.3 is 10.6 Å². The van der Waals surface area contributed by atoms with Crippen LogP contribution in [0.5, 0.6) is 0 Å². The van der Waals surface area contributed by atoms with Gasteiger partial charge in [-0.2, -0.15) is 0 Å². The van der Waals surface area contributed by atoms with Gasteiger partial charge in [0.1, 0.15) is 0 Å². The number of hydrogen-bond donors (Lipinski definition) is 2. The predicted octanol–water partition coefficient (Wildman–Crippen LogP) is 2.94. The van der Waals surface area contributed by atoms with Crippen molar-refractivity contribution in [3.63, 3.8) is 0 Å². The maximum Gasteiger partial charge on any atom is 0.226 e. The van der Waals surface area contributed by atoms with Gasteiger partial charge in [-0.15, -0.1) is 12.4 Å². The minimum Gasteiger partial charge on any atom is -0.353 e. The Kier molecular flexibility index (Phi) is 5.87. The lowest BCUT2D eigenvalue weighted by molar-refractivity contribution is -0.137. The normalized spacial score (nSPS) is 26.4. The number of benzene rings is 1. The Bertz CT molecular complexity index is 487. The summed E-state index contributed by atoms with van der Waals surface area (Å²) in [5, 5.41) is 6.75. The fourth-order valence-electron chi connectivity index (χ4n) is 3.62. The van der Waals surface area contributed by atoms with E-state index in [1.807, 2.05) is 6.07 Å². The molecular formula is C18H27ClN2O. The van der Waals surface area contributed by atoms with Crippen LogP contribution in [0.15, 0.2) is 30.3 Å². The maximum atomic E-state index is 12.8. The highest BCUT2D eigenvalue weighted by Gasteiger charge is 2.44. The molecule has 1 saturated carbocycles. The van der Waals surface area contributed by atoms with Crippen molar-refractivity contribution in [3.05, 3.63) is 35.9 Å². The standard InChI is InChI=1S/C18H26N2O.ClH/c1-14-13-19-11-8-16(14)20-17(21)18(9-5-10-18)12-15-6-3-2-4-7-15;/h2-4,6-7,14,16,19H,5,8-13H2,1H3,(H,20,21);1H. The van der Waals surface area contributed by atoms with Crippen molar-refractivity contribution in [2.75, 3.05) is 13.1 Å². The largest absolute Gasteiger partial charge is 0.353 e. The van der Waals surface area contributed by atoms with E-state index in [0.29, 0.717) is 12.0 Å². The summed E-state index contributed by atoms with van der Waals surface area (Å²) in [5.74, 6) is 0.813. The van der Waals surface area contributed by atoms with E-state index in [0.717, 1.165) is 38.8 Å². The topological polar surface area (TPSA) is 41.1 Å². The van der Waals surface area contributed by atoms with E-state index in [1.54, 1.807) is 0 Å².